The lowest BCUT2D eigenvalue weighted by Crippen LogP contribution is -2.13. The molecule has 1 aromatic heterocycles. The highest BCUT2D eigenvalue weighted by atomic mass is 35.5. The number of aryl methyl sites for hydroxylation is 2. The van der Waals surface area contributed by atoms with Crippen LogP contribution >= 0.6 is 23.4 Å². The largest absolute Gasteiger partial charge is 0.496 e. The van der Waals surface area contributed by atoms with Gasteiger partial charge >= 0.3 is 0 Å². The number of ether oxygens (including phenoxy) is 2. The number of thioether (sulfide) groups is 1. The first-order valence-corrected chi connectivity index (χ1v) is 11.5. The van der Waals surface area contributed by atoms with E-state index in [1.54, 1.807) is 25.3 Å². The molecule has 32 heavy (non-hydrogen) atoms. The molecule has 168 valence electrons. The molecule has 8 heteroatoms. The lowest BCUT2D eigenvalue weighted by atomic mass is 10.0. The number of para-hydroxylation sites is 1. The number of halogens is 1. The second kappa shape index (κ2) is 10.7. The molecule has 0 aliphatic carbocycles. The van der Waals surface area contributed by atoms with Gasteiger partial charge in [-0.2, -0.15) is 0 Å². The van der Waals surface area contributed by atoms with E-state index in [1.165, 1.54) is 11.8 Å². The van der Waals surface area contributed by atoms with Crippen LogP contribution in [0.1, 0.15) is 40.3 Å². The van der Waals surface area contributed by atoms with Crippen LogP contribution in [-0.4, -0.2) is 33.4 Å². The Morgan fingerprint density at radius 3 is 2.66 bits per heavy atom. The van der Waals surface area contributed by atoms with Gasteiger partial charge in [0.25, 0.3) is 0 Å². The average Bonchev–Trinajstić information content (AvgIpc) is 3.17. The number of hydrogen-bond donors (Lipinski definition) is 0. The Bertz CT molecular complexity index is 1130. The second-order valence-electron chi connectivity index (χ2n) is 7.28. The van der Waals surface area contributed by atoms with Crippen LogP contribution < -0.4 is 9.47 Å². The van der Waals surface area contributed by atoms with E-state index in [0.717, 1.165) is 16.9 Å². The molecule has 0 spiro atoms. The molecule has 1 heterocycles. The van der Waals surface area contributed by atoms with Crippen LogP contribution in [0.25, 0.3) is 0 Å². The third-order valence-corrected chi connectivity index (χ3v) is 6.21. The van der Waals surface area contributed by atoms with Crippen molar-refractivity contribution in [3.63, 3.8) is 0 Å². The molecule has 1 atom stereocenters. The summed E-state index contributed by atoms with van der Waals surface area (Å²) in [6, 6.07) is 11.0. The third kappa shape index (κ3) is 5.34. The Kier molecular flexibility index (Phi) is 7.99. The standard InChI is InChI=1S/C24H26ClN3O3S/c1-6-11-28-23(17(4)31-21-10-8-7-9-19(21)25)26-27-24(28)32-14-20(29)18-12-16(3)22(30-5)13-15(18)2/h6-10,12-13,17H,1,11,14H2,2-5H3. The van der Waals surface area contributed by atoms with E-state index in [1.807, 2.05) is 49.6 Å². The Morgan fingerprint density at radius 2 is 1.97 bits per heavy atom. The lowest BCUT2D eigenvalue weighted by molar-refractivity contribution is 0.102. The maximum absolute atomic E-state index is 12.9. The number of Topliss-reactive ketones (excluding diaryl/α,β-unsaturated/α-hetero) is 1. The maximum atomic E-state index is 12.9. The number of nitrogens with zero attached hydrogens (tertiary/aromatic N) is 3. The highest BCUT2D eigenvalue weighted by Crippen LogP contribution is 2.30. The normalized spacial score (nSPS) is 11.8. The maximum Gasteiger partial charge on any atom is 0.192 e. The minimum absolute atomic E-state index is 0.0216. The molecule has 0 aliphatic rings. The van der Waals surface area contributed by atoms with Crippen molar-refractivity contribution >= 4 is 29.1 Å². The van der Waals surface area contributed by atoms with Gasteiger partial charge < -0.3 is 9.47 Å². The zero-order valence-electron chi connectivity index (χ0n) is 18.6. The lowest BCUT2D eigenvalue weighted by Gasteiger charge is -2.16. The van der Waals surface area contributed by atoms with Gasteiger partial charge in [0.1, 0.15) is 11.5 Å². The Hall–Kier alpha value is -2.77. The van der Waals surface area contributed by atoms with Crippen LogP contribution in [0.3, 0.4) is 0 Å². The molecule has 0 saturated heterocycles. The number of allylic oxidation sites excluding steroid dienone is 1. The van der Waals surface area contributed by atoms with E-state index in [4.69, 9.17) is 21.1 Å². The van der Waals surface area contributed by atoms with E-state index in [0.29, 0.717) is 33.9 Å². The highest BCUT2D eigenvalue weighted by Gasteiger charge is 2.21. The summed E-state index contributed by atoms with van der Waals surface area (Å²) < 4.78 is 13.2. The monoisotopic (exact) mass is 471 g/mol. The molecule has 6 nitrogen and oxygen atoms in total. The number of methoxy groups -OCH3 is 1. The minimum atomic E-state index is -0.390. The van der Waals surface area contributed by atoms with Gasteiger partial charge in [-0.1, -0.05) is 41.6 Å². The SMILES string of the molecule is C=CCn1c(SCC(=O)c2cc(C)c(OC)cc2C)nnc1C(C)Oc1ccccc1Cl. The van der Waals surface area contributed by atoms with Crippen molar-refractivity contribution in [1.82, 2.24) is 14.8 Å². The predicted octanol–water partition coefficient (Wildman–Crippen LogP) is 5.86. The first-order chi connectivity index (χ1) is 15.3. The number of benzene rings is 2. The van der Waals surface area contributed by atoms with Crippen LogP contribution in [0.15, 0.2) is 54.2 Å². The predicted molar refractivity (Wildman–Crippen MR) is 128 cm³/mol. The number of ketones is 1. The second-order valence-corrected chi connectivity index (χ2v) is 8.63. The van der Waals surface area contributed by atoms with Gasteiger partial charge in [0.05, 0.1) is 17.9 Å². The van der Waals surface area contributed by atoms with E-state index in [9.17, 15) is 4.79 Å². The van der Waals surface area contributed by atoms with Crippen molar-refractivity contribution in [1.29, 1.82) is 0 Å². The molecule has 0 saturated carbocycles. The third-order valence-electron chi connectivity index (χ3n) is 4.94. The molecule has 0 bridgehead atoms. The van der Waals surface area contributed by atoms with Crippen molar-refractivity contribution in [3.05, 3.63) is 76.6 Å². The van der Waals surface area contributed by atoms with Crippen LogP contribution in [0.2, 0.25) is 5.02 Å². The number of aromatic nitrogens is 3. The molecule has 1 unspecified atom stereocenters. The zero-order chi connectivity index (χ0) is 23.3. The summed E-state index contributed by atoms with van der Waals surface area (Å²) >= 11 is 7.56. The molecular formula is C24H26ClN3O3S. The molecule has 0 radical (unpaired) electrons. The van der Waals surface area contributed by atoms with Crippen LogP contribution in [0, 0.1) is 13.8 Å². The van der Waals surface area contributed by atoms with Crippen molar-refractivity contribution < 1.29 is 14.3 Å². The first kappa shape index (κ1) is 23.9. The topological polar surface area (TPSA) is 66.2 Å². The van der Waals surface area contributed by atoms with Crippen molar-refractivity contribution in [2.45, 2.75) is 38.6 Å². The van der Waals surface area contributed by atoms with Gasteiger partial charge in [0, 0.05) is 12.1 Å². The summed E-state index contributed by atoms with van der Waals surface area (Å²) in [6.07, 6.45) is 1.37. The van der Waals surface area contributed by atoms with E-state index >= 15 is 0 Å². The molecular weight excluding hydrogens is 446 g/mol. The van der Waals surface area contributed by atoms with Gasteiger partial charge in [0.15, 0.2) is 22.9 Å². The van der Waals surface area contributed by atoms with E-state index in [2.05, 4.69) is 16.8 Å². The number of carbonyl (C=O) groups is 1. The molecule has 2 aromatic carbocycles. The summed E-state index contributed by atoms with van der Waals surface area (Å²) in [7, 11) is 1.62. The van der Waals surface area contributed by atoms with Crippen molar-refractivity contribution in [2.24, 2.45) is 0 Å². The van der Waals surface area contributed by atoms with Crippen LogP contribution in [0.5, 0.6) is 11.5 Å². The van der Waals surface area contributed by atoms with Crippen LogP contribution in [-0.2, 0) is 6.54 Å². The molecule has 3 aromatic rings. The number of carbonyl (C=O) groups excluding carboxylic acids is 1. The molecule has 0 aliphatic heterocycles. The van der Waals surface area contributed by atoms with Crippen molar-refractivity contribution in [2.75, 3.05) is 12.9 Å². The smallest absolute Gasteiger partial charge is 0.192 e. The quantitative estimate of drug-likeness (QED) is 0.209. The number of rotatable bonds is 10. The molecule has 0 fully saturated rings. The van der Waals surface area contributed by atoms with Crippen molar-refractivity contribution in [3.8, 4) is 11.5 Å². The minimum Gasteiger partial charge on any atom is -0.496 e. The Balaban J connectivity index is 1.77. The van der Waals surface area contributed by atoms with Gasteiger partial charge in [-0.15, -0.1) is 16.8 Å². The summed E-state index contributed by atoms with van der Waals surface area (Å²) in [4.78, 5) is 12.9. The summed E-state index contributed by atoms with van der Waals surface area (Å²) in [5.41, 5.74) is 2.49. The average molecular weight is 472 g/mol. The first-order valence-electron chi connectivity index (χ1n) is 10.1. The van der Waals surface area contributed by atoms with Gasteiger partial charge in [-0.25, -0.2) is 0 Å². The molecule has 0 N–H and O–H groups in total. The Morgan fingerprint density at radius 1 is 1.22 bits per heavy atom. The van der Waals surface area contributed by atoms with E-state index < -0.39 is 0 Å². The summed E-state index contributed by atoms with van der Waals surface area (Å²) in [6.45, 7) is 10.0. The number of hydrogen-bond acceptors (Lipinski definition) is 6. The summed E-state index contributed by atoms with van der Waals surface area (Å²) in [5.74, 6) is 2.24. The van der Waals surface area contributed by atoms with Gasteiger partial charge in [-0.3, -0.25) is 9.36 Å². The summed E-state index contributed by atoms with van der Waals surface area (Å²) in [5, 5.41) is 9.77. The van der Waals surface area contributed by atoms with E-state index in [-0.39, 0.29) is 17.6 Å². The highest BCUT2D eigenvalue weighted by molar-refractivity contribution is 7.99. The molecule has 0 amide bonds. The zero-order valence-corrected chi connectivity index (χ0v) is 20.2. The fraction of sp³-hybridized carbons (Fsp3) is 0.292. The van der Waals surface area contributed by atoms with Gasteiger partial charge in [-0.05, 0) is 56.2 Å². The van der Waals surface area contributed by atoms with Gasteiger partial charge in [0.2, 0.25) is 0 Å². The fourth-order valence-corrected chi connectivity index (χ4v) is 4.33. The van der Waals surface area contributed by atoms with Crippen LogP contribution in [0.4, 0.5) is 0 Å². The molecule has 3 rings (SSSR count). The fourth-order valence-electron chi connectivity index (χ4n) is 3.31. The Labute approximate surface area is 197 Å².